The van der Waals surface area contributed by atoms with Crippen LogP contribution in [0.3, 0.4) is 0 Å². The number of aromatic nitrogens is 2. The summed E-state index contributed by atoms with van der Waals surface area (Å²) >= 11 is 0. The van der Waals surface area contributed by atoms with Gasteiger partial charge in [0.1, 0.15) is 5.76 Å². The number of halogens is 3. The van der Waals surface area contributed by atoms with Crippen molar-refractivity contribution in [2.75, 3.05) is 4.90 Å². The first kappa shape index (κ1) is 20.8. The third-order valence-electron chi connectivity index (χ3n) is 6.64. The Morgan fingerprint density at radius 3 is 2.59 bits per heavy atom. The van der Waals surface area contributed by atoms with Crippen LogP contribution in [0.2, 0.25) is 0 Å². The number of carbonyl (C=O) groups excluding carboxylic acids is 1. The maximum absolute atomic E-state index is 13.8. The number of carbonyl (C=O) groups is 1. The summed E-state index contributed by atoms with van der Waals surface area (Å²) < 4.78 is 48.1. The molecule has 5 nitrogen and oxygen atoms in total. The summed E-state index contributed by atoms with van der Waals surface area (Å²) in [6, 6.07) is 16.1. The summed E-state index contributed by atoms with van der Waals surface area (Å²) in [5.41, 5.74) is 3.24. The zero-order chi connectivity index (χ0) is 23.6. The minimum Gasteiger partial charge on any atom is -0.469 e. The Bertz CT molecular complexity index is 1420. The van der Waals surface area contributed by atoms with Crippen molar-refractivity contribution in [1.29, 1.82) is 0 Å². The molecule has 0 saturated carbocycles. The number of hydrogen-bond acceptors (Lipinski definition) is 3. The molecule has 0 spiro atoms. The molecule has 0 saturated heterocycles. The molecule has 0 N–H and O–H groups in total. The fourth-order valence-corrected chi connectivity index (χ4v) is 5.12. The molecule has 6 rings (SSSR count). The molecule has 1 unspecified atom stereocenters. The SMILES string of the molecule is CC1Cc2ccccc2N1C(=O)c1ccc(-n2nc(C(F)(F)F)c3c2-c2ccoc2CC3)cc1. The second-order valence-corrected chi connectivity index (χ2v) is 8.75. The smallest absolute Gasteiger partial charge is 0.435 e. The van der Waals surface area contributed by atoms with Crippen molar-refractivity contribution < 1.29 is 22.4 Å². The zero-order valence-corrected chi connectivity index (χ0v) is 18.3. The number of furan rings is 1. The lowest BCUT2D eigenvalue weighted by Gasteiger charge is -2.23. The lowest BCUT2D eigenvalue weighted by molar-refractivity contribution is -0.142. The van der Waals surface area contributed by atoms with Gasteiger partial charge < -0.3 is 9.32 Å². The topological polar surface area (TPSA) is 51.3 Å². The van der Waals surface area contributed by atoms with Crippen LogP contribution >= 0.6 is 0 Å². The van der Waals surface area contributed by atoms with Gasteiger partial charge in [-0.2, -0.15) is 18.3 Å². The maximum Gasteiger partial charge on any atom is 0.435 e. The number of alkyl halides is 3. The molecule has 1 aliphatic carbocycles. The first-order chi connectivity index (χ1) is 16.3. The number of amides is 1. The van der Waals surface area contributed by atoms with Crippen molar-refractivity contribution in [2.45, 2.75) is 38.4 Å². The third-order valence-corrected chi connectivity index (χ3v) is 6.64. The number of benzene rings is 2. The van der Waals surface area contributed by atoms with Crippen molar-refractivity contribution in [3.8, 4) is 16.9 Å². The Balaban J connectivity index is 1.40. The summed E-state index contributed by atoms with van der Waals surface area (Å²) in [6.45, 7) is 2.00. The number of para-hydroxylation sites is 1. The average Bonchev–Trinajstić information content (AvgIpc) is 3.52. The lowest BCUT2D eigenvalue weighted by atomic mass is 9.94. The fourth-order valence-electron chi connectivity index (χ4n) is 5.12. The van der Waals surface area contributed by atoms with Gasteiger partial charge in [0.05, 0.1) is 17.6 Å². The van der Waals surface area contributed by atoms with Gasteiger partial charge in [-0.05, 0) is 61.7 Å². The van der Waals surface area contributed by atoms with Crippen LogP contribution in [0.15, 0.2) is 65.3 Å². The Morgan fingerprint density at radius 2 is 1.82 bits per heavy atom. The predicted molar refractivity (Wildman–Crippen MR) is 120 cm³/mol. The van der Waals surface area contributed by atoms with E-state index in [-0.39, 0.29) is 23.9 Å². The second kappa shape index (κ2) is 7.35. The van der Waals surface area contributed by atoms with Gasteiger partial charge in [-0.3, -0.25) is 4.79 Å². The minimum absolute atomic E-state index is 0.0246. The van der Waals surface area contributed by atoms with Crippen molar-refractivity contribution in [1.82, 2.24) is 9.78 Å². The van der Waals surface area contributed by atoms with E-state index in [0.717, 1.165) is 17.7 Å². The van der Waals surface area contributed by atoms with Crippen LogP contribution in [-0.4, -0.2) is 21.7 Å². The van der Waals surface area contributed by atoms with Gasteiger partial charge in [-0.1, -0.05) is 18.2 Å². The Labute approximate surface area is 193 Å². The van der Waals surface area contributed by atoms with Crippen molar-refractivity contribution in [2.24, 2.45) is 0 Å². The van der Waals surface area contributed by atoms with Crippen molar-refractivity contribution in [3.63, 3.8) is 0 Å². The quantitative estimate of drug-likeness (QED) is 0.375. The summed E-state index contributed by atoms with van der Waals surface area (Å²) in [7, 11) is 0. The largest absolute Gasteiger partial charge is 0.469 e. The lowest BCUT2D eigenvalue weighted by Crippen LogP contribution is -2.35. The minimum atomic E-state index is -4.56. The molecule has 2 aromatic heterocycles. The number of anilines is 1. The molecule has 3 heterocycles. The molecular weight excluding hydrogens is 443 g/mol. The normalized spacial score (nSPS) is 16.8. The van der Waals surface area contributed by atoms with E-state index in [4.69, 9.17) is 4.42 Å². The number of fused-ring (bicyclic) bond motifs is 4. The summed E-state index contributed by atoms with van der Waals surface area (Å²) in [5.74, 6) is 0.510. The van der Waals surface area contributed by atoms with E-state index in [1.165, 1.54) is 10.9 Å². The molecule has 2 aromatic carbocycles. The number of aryl methyl sites for hydroxylation is 1. The van der Waals surface area contributed by atoms with Crippen LogP contribution in [0.4, 0.5) is 18.9 Å². The molecule has 1 atom stereocenters. The van der Waals surface area contributed by atoms with E-state index in [1.54, 1.807) is 35.2 Å². The molecule has 172 valence electrons. The zero-order valence-electron chi connectivity index (χ0n) is 18.3. The molecule has 34 heavy (non-hydrogen) atoms. The Kier molecular flexibility index (Phi) is 4.49. The summed E-state index contributed by atoms with van der Waals surface area (Å²) in [6.07, 6.45) is -1.69. The van der Waals surface area contributed by atoms with Crippen LogP contribution < -0.4 is 4.90 Å². The molecule has 1 amide bonds. The van der Waals surface area contributed by atoms with Gasteiger partial charge in [0.2, 0.25) is 0 Å². The van der Waals surface area contributed by atoms with Crippen LogP contribution in [0.25, 0.3) is 16.9 Å². The van der Waals surface area contributed by atoms with Crippen LogP contribution in [0.5, 0.6) is 0 Å². The molecule has 0 fully saturated rings. The number of nitrogens with zero attached hydrogens (tertiary/aromatic N) is 3. The van der Waals surface area contributed by atoms with Crippen molar-refractivity contribution in [3.05, 3.63) is 89.0 Å². The van der Waals surface area contributed by atoms with E-state index >= 15 is 0 Å². The highest BCUT2D eigenvalue weighted by Crippen LogP contribution is 2.42. The highest BCUT2D eigenvalue weighted by Gasteiger charge is 2.41. The average molecular weight is 463 g/mol. The van der Waals surface area contributed by atoms with E-state index in [9.17, 15) is 18.0 Å². The highest BCUT2D eigenvalue weighted by atomic mass is 19.4. The third kappa shape index (κ3) is 3.09. The first-order valence-corrected chi connectivity index (χ1v) is 11.1. The molecule has 8 heteroatoms. The Morgan fingerprint density at radius 1 is 1.06 bits per heavy atom. The van der Waals surface area contributed by atoms with Gasteiger partial charge in [0.25, 0.3) is 5.91 Å². The molecule has 1 aliphatic heterocycles. The molecule has 2 aliphatic rings. The van der Waals surface area contributed by atoms with Gasteiger partial charge >= 0.3 is 6.18 Å². The molecular formula is C26H20F3N3O2. The molecule has 0 radical (unpaired) electrons. The van der Waals surface area contributed by atoms with Crippen LogP contribution in [0, 0.1) is 0 Å². The highest BCUT2D eigenvalue weighted by molar-refractivity contribution is 6.07. The summed E-state index contributed by atoms with van der Waals surface area (Å²) in [4.78, 5) is 15.1. The Hall–Kier alpha value is -3.81. The van der Waals surface area contributed by atoms with E-state index in [1.807, 2.05) is 31.2 Å². The van der Waals surface area contributed by atoms with Gasteiger partial charge in [-0.25, -0.2) is 4.68 Å². The van der Waals surface area contributed by atoms with Gasteiger partial charge in [0.15, 0.2) is 5.69 Å². The standard InChI is InChI=1S/C26H20F3N3O2/c1-15-14-17-4-2-3-5-21(17)31(15)25(33)16-6-8-18(9-7-16)32-23-19-12-13-34-22(19)11-10-20(23)24(30-32)26(27,28)29/h2-9,12-13,15H,10-11,14H2,1H3. The molecule has 0 bridgehead atoms. The van der Waals surface area contributed by atoms with Gasteiger partial charge in [-0.15, -0.1) is 0 Å². The second-order valence-electron chi connectivity index (χ2n) is 8.75. The predicted octanol–water partition coefficient (Wildman–Crippen LogP) is 5.84. The van der Waals surface area contributed by atoms with Gasteiger partial charge in [0, 0.05) is 34.8 Å². The first-order valence-electron chi connectivity index (χ1n) is 11.1. The van der Waals surface area contributed by atoms with E-state index in [2.05, 4.69) is 5.10 Å². The fraction of sp³-hybridized carbons (Fsp3) is 0.231. The van der Waals surface area contributed by atoms with Crippen molar-refractivity contribution >= 4 is 11.6 Å². The monoisotopic (exact) mass is 463 g/mol. The maximum atomic E-state index is 13.8. The van der Waals surface area contributed by atoms with E-state index < -0.39 is 11.9 Å². The number of rotatable bonds is 2. The van der Waals surface area contributed by atoms with Crippen LogP contribution in [-0.2, 0) is 25.4 Å². The van der Waals surface area contributed by atoms with E-state index in [0.29, 0.717) is 34.7 Å². The number of hydrogen-bond donors (Lipinski definition) is 0. The summed E-state index contributed by atoms with van der Waals surface area (Å²) in [5, 5.41) is 3.96. The molecule has 4 aromatic rings. The van der Waals surface area contributed by atoms with Crippen LogP contribution in [0.1, 0.15) is 39.9 Å².